The van der Waals surface area contributed by atoms with Gasteiger partial charge < -0.3 is 20.1 Å². The van der Waals surface area contributed by atoms with Crippen molar-refractivity contribution >= 4 is 19.8 Å². The number of carbonyl (C=O) groups excluding carboxylic acids is 2. The average Bonchev–Trinajstić information content (AvgIpc) is 3.42. The van der Waals surface area contributed by atoms with E-state index in [9.17, 15) is 19.0 Å². The van der Waals surface area contributed by atoms with Crippen molar-refractivity contribution in [2.45, 2.75) is 200 Å². The van der Waals surface area contributed by atoms with E-state index in [1.807, 2.05) is 0 Å². The summed E-state index contributed by atoms with van der Waals surface area (Å²) in [6.45, 7) is 3.42. The van der Waals surface area contributed by atoms with Gasteiger partial charge >= 0.3 is 19.8 Å². The van der Waals surface area contributed by atoms with Crippen LogP contribution >= 0.6 is 7.82 Å². The van der Waals surface area contributed by atoms with E-state index in [2.05, 4.69) is 196 Å². The highest BCUT2D eigenvalue weighted by atomic mass is 31.2. The Morgan fingerprint density at radius 1 is 0.390 bits per heavy atom. The minimum atomic E-state index is -4.41. The van der Waals surface area contributed by atoms with Crippen molar-refractivity contribution in [3.05, 3.63) is 182 Å². The largest absolute Gasteiger partial charge is 0.472 e. The van der Waals surface area contributed by atoms with E-state index < -0.39 is 32.5 Å². The van der Waals surface area contributed by atoms with Crippen LogP contribution in [0.2, 0.25) is 0 Å². The molecule has 0 aromatic rings. The molecule has 0 rings (SSSR count). The van der Waals surface area contributed by atoms with Gasteiger partial charge in [0.2, 0.25) is 0 Å². The fourth-order valence-electron chi connectivity index (χ4n) is 7.04. The van der Waals surface area contributed by atoms with Crippen LogP contribution < -0.4 is 5.73 Å². The molecule has 0 fully saturated rings. The molecular weight excluding hydrogens is 978 g/mol. The van der Waals surface area contributed by atoms with Gasteiger partial charge in [-0.05, 0) is 135 Å². The summed E-state index contributed by atoms with van der Waals surface area (Å²) in [5.41, 5.74) is 5.37. The number of hydrogen-bond donors (Lipinski definition) is 2. The van der Waals surface area contributed by atoms with Crippen LogP contribution in [0.15, 0.2) is 182 Å². The lowest BCUT2D eigenvalue weighted by Gasteiger charge is -2.19. The predicted octanol–water partition coefficient (Wildman–Crippen LogP) is 18.8. The number of phosphoric ester groups is 1. The summed E-state index contributed by atoms with van der Waals surface area (Å²) < 4.78 is 32.9. The molecule has 0 aromatic carbocycles. The smallest absolute Gasteiger partial charge is 0.462 e. The van der Waals surface area contributed by atoms with Crippen molar-refractivity contribution in [1.29, 1.82) is 0 Å². The minimum Gasteiger partial charge on any atom is -0.462 e. The van der Waals surface area contributed by atoms with Gasteiger partial charge in [-0.3, -0.25) is 18.6 Å². The first-order chi connectivity index (χ1) is 37.8. The molecule has 0 aliphatic carbocycles. The molecule has 0 aliphatic heterocycles. The lowest BCUT2D eigenvalue weighted by atomic mass is 10.1. The van der Waals surface area contributed by atoms with Crippen LogP contribution in [0.1, 0.15) is 194 Å². The highest BCUT2D eigenvalue weighted by Gasteiger charge is 2.26. The maximum Gasteiger partial charge on any atom is 0.472 e. The molecule has 2 unspecified atom stereocenters. The molecule has 0 heterocycles. The second kappa shape index (κ2) is 60.3. The number of hydrogen-bond acceptors (Lipinski definition) is 8. The quantitative estimate of drug-likeness (QED) is 0.0264. The van der Waals surface area contributed by atoms with Gasteiger partial charge in [0, 0.05) is 19.4 Å². The Morgan fingerprint density at radius 3 is 1.00 bits per heavy atom. The normalized spacial score (nSPS) is 14.4. The van der Waals surface area contributed by atoms with E-state index in [1.54, 1.807) is 0 Å². The molecule has 3 N–H and O–H groups in total. The highest BCUT2D eigenvalue weighted by Crippen LogP contribution is 2.43. The van der Waals surface area contributed by atoms with Gasteiger partial charge in [-0.15, -0.1) is 0 Å². The van der Waals surface area contributed by atoms with Crippen molar-refractivity contribution in [1.82, 2.24) is 0 Å². The topological polar surface area (TPSA) is 134 Å². The van der Waals surface area contributed by atoms with Crippen LogP contribution in [-0.2, 0) is 32.7 Å². The van der Waals surface area contributed by atoms with Crippen molar-refractivity contribution in [3.8, 4) is 0 Å². The second-order valence-corrected chi connectivity index (χ2v) is 19.8. The van der Waals surface area contributed by atoms with E-state index in [0.29, 0.717) is 12.8 Å². The summed E-state index contributed by atoms with van der Waals surface area (Å²) in [5.74, 6) is -0.894. The Kier molecular flexibility index (Phi) is 56.5. The SMILES string of the molecule is CC/C=C\C/C=C\C/C=C\C/C=C\C/C=C\C/C=C\C/C=C\C/C=C\C/C=C\C/C=C\C/C=C\C/C=C\CCCCCCC(=O)OC(COC(=O)CCCCCCC/C=C\C/C=C\C/C=C\CC)COP(=O)(O)OCCN. The monoisotopic (exact) mass is 1080 g/mol. The molecule has 430 valence electrons. The zero-order valence-corrected chi connectivity index (χ0v) is 48.7. The van der Waals surface area contributed by atoms with Gasteiger partial charge in [-0.2, -0.15) is 0 Å². The van der Waals surface area contributed by atoms with Crippen molar-refractivity contribution in [2.24, 2.45) is 5.73 Å². The lowest BCUT2D eigenvalue weighted by Crippen LogP contribution is -2.29. The Labute approximate surface area is 469 Å². The Balaban J connectivity index is 4.08. The van der Waals surface area contributed by atoms with Gasteiger partial charge in [0.1, 0.15) is 6.61 Å². The molecular formula is C67H104NO8P. The van der Waals surface area contributed by atoms with E-state index in [-0.39, 0.29) is 32.6 Å². The summed E-state index contributed by atoms with van der Waals surface area (Å²) >= 11 is 0. The van der Waals surface area contributed by atoms with E-state index >= 15 is 0 Å². The molecule has 0 amide bonds. The second-order valence-electron chi connectivity index (χ2n) is 18.4. The average molecular weight is 1080 g/mol. The zero-order valence-electron chi connectivity index (χ0n) is 47.9. The van der Waals surface area contributed by atoms with E-state index in [4.69, 9.17) is 24.3 Å². The number of carbonyl (C=O) groups is 2. The van der Waals surface area contributed by atoms with Crippen LogP contribution in [0.25, 0.3) is 0 Å². The van der Waals surface area contributed by atoms with Crippen LogP contribution in [0.3, 0.4) is 0 Å². The number of ether oxygens (including phenoxy) is 2. The molecule has 0 radical (unpaired) electrons. The minimum absolute atomic E-state index is 0.0362. The zero-order chi connectivity index (χ0) is 55.9. The number of phosphoric acid groups is 1. The molecule has 0 aliphatic rings. The summed E-state index contributed by atoms with van der Waals surface area (Å²) in [7, 11) is -4.41. The van der Waals surface area contributed by atoms with Crippen LogP contribution in [0.5, 0.6) is 0 Å². The van der Waals surface area contributed by atoms with Crippen LogP contribution in [0.4, 0.5) is 0 Å². The fourth-order valence-corrected chi connectivity index (χ4v) is 7.81. The Morgan fingerprint density at radius 2 is 0.675 bits per heavy atom. The number of nitrogens with two attached hydrogens (primary N) is 1. The molecule has 10 heteroatoms. The first kappa shape index (κ1) is 72.1. The van der Waals surface area contributed by atoms with Gasteiger partial charge in [-0.1, -0.05) is 228 Å². The summed E-state index contributed by atoms with van der Waals surface area (Å²) in [6.07, 6.45) is 91.0. The van der Waals surface area contributed by atoms with Crippen molar-refractivity contribution < 1.29 is 37.6 Å². The fraction of sp³-hybridized carbons (Fsp3) is 0.522. The molecule has 9 nitrogen and oxygen atoms in total. The molecule has 0 bridgehead atoms. The van der Waals surface area contributed by atoms with E-state index in [0.717, 1.165) is 154 Å². The molecule has 0 aromatic heterocycles. The maximum absolute atomic E-state index is 12.7. The number of esters is 2. The molecule has 0 saturated heterocycles. The highest BCUT2D eigenvalue weighted by molar-refractivity contribution is 7.47. The number of allylic oxidation sites excluding steroid dienone is 30. The maximum atomic E-state index is 12.7. The number of unbranched alkanes of at least 4 members (excludes halogenated alkanes) is 9. The first-order valence-corrected chi connectivity index (χ1v) is 30.8. The van der Waals surface area contributed by atoms with Crippen LogP contribution in [-0.4, -0.2) is 49.3 Å². The van der Waals surface area contributed by atoms with E-state index in [1.165, 1.54) is 0 Å². The Bertz CT molecular complexity index is 1910. The van der Waals surface area contributed by atoms with Crippen LogP contribution in [0, 0.1) is 0 Å². The molecule has 0 spiro atoms. The van der Waals surface area contributed by atoms with Gasteiger partial charge in [0.15, 0.2) is 6.10 Å². The molecule has 2 atom stereocenters. The third-order valence-corrected chi connectivity index (χ3v) is 12.3. The first-order valence-electron chi connectivity index (χ1n) is 29.3. The standard InChI is InChI=1S/C67H104NO8P/c1-3-5-7-9-11-13-15-17-19-20-21-22-23-24-25-26-27-28-29-30-31-32-33-34-35-36-37-38-39-40-41-42-43-44-46-48-50-52-54-56-58-60-67(70)76-65(64-75-77(71,72)74-62-61-68)63-73-66(69)59-57-55-53-51-49-47-45-18-16-14-12-10-8-6-4-2/h5-8,11-14,17-19,21-22,24-25,27-28,30-31,33-34,36-37,39-40,42-43,45-46,48,65H,3-4,9-10,15-16,20,23,26,29,32,35,38,41,44,47,49-64,68H2,1-2H3,(H,71,72)/b7-5-,8-6-,13-11-,14-12-,19-17-,22-21-,25-24-,28-27-,31-30-,34-33-,37-36-,40-39-,43-42-,45-18-,48-46-. The summed E-state index contributed by atoms with van der Waals surface area (Å²) in [5, 5.41) is 0. The molecule has 0 saturated carbocycles. The van der Waals surface area contributed by atoms with Gasteiger partial charge in [-0.25, -0.2) is 4.57 Å². The number of rotatable bonds is 52. The summed E-state index contributed by atoms with van der Waals surface area (Å²) in [6, 6.07) is 0. The Hall–Kier alpha value is -4.89. The van der Waals surface area contributed by atoms with Gasteiger partial charge in [0.05, 0.1) is 13.2 Å². The molecule has 77 heavy (non-hydrogen) atoms. The van der Waals surface area contributed by atoms with Crippen molar-refractivity contribution in [2.75, 3.05) is 26.4 Å². The van der Waals surface area contributed by atoms with Crippen molar-refractivity contribution in [3.63, 3.8) is 0 Å². The van der Waals surface area contributed by atoms with Gasteiger partial charge in [0.25, 0.3) is 0 Å². The third kappa shape index (κ3) is 60.2. The predicted molar refractivity (Wildman–Crippen MR) is 329 cm³/mol. The lowest BCUT2D eigenvalue weighted by molar-refractivity contribution is -0.161. The third-order valence-electron chi connectivity index (χ3n) is 11.3. The summed E-state index contributed by atoms with van der Waals surface area (Å²) in [4.78, 5) is 35.1.